The van der Waals surface area contributed by atoms with Crippen molar-refractivity contribution in [2.24, 2.45) is 0 Å². The van der Waals surface area contributed by atoms with Gasteiger partial charge in [0.25, 0.3) is 5.91 Å². The molecule has 9 heteroatoms. The lowest BCUT2D eigenvalue weighted by Gasteiger charge is -2.27. The molecule has 2 aromatic heterocycles. The normalized spacial score (nSPS) is 18.0. The highest BCUT2D eigenvalue weighted by Gasteiger charge is 2.37. The summed E-state index contributed by atoms with van der Waals surface area (Å²) in [6, 6.07) is 7.92. The summed E-state index contributed by atoms with van der Waals surface area (Å²) in [5, 5.41) is 11.3. The fourth-order valence-electron chi connectivity index (χ4n) is 4.27. The van der Waals surface area contributed by atoms with E-state index >= 15 is 0 Å². The molecule has 1 unspecified atom stereocenters. The quantitative estimate of drug-likeness (QED) is 0.673. The molecule has 2 aliphatic heterocycles. The molecule has 9 nitrogen and oxygen atoms in total. The van der Waals surface area contributed by atoms with E-state index in [2.05, 4.69) is 30.4 Å². The van der Waals surface area contributed by atoms with Crippen LogP contribution in [0.1, 0.15) is 42.9 Å². The van der Waals surface area contributed by atoms with Crippen LogP contribution < -0.4 is 15.1 Å². The molecule has 1 fully saturated rings. The molecule has 160 valence electrons. The number of hydrogen-bond acceptors (Lipinski definition) is 8. The van der Waals surface area contributed by atoms with Crippen molar-refractivity contribution in [3.05, 3.63) is 41.9 Å². The molecule has 1 saturated heterocycles. The van der Waals surface area contributed by atoms with Gasteiger partial charge in [0.05, 0.1) is 0 Å². The first-order valence-corrected chi connectivity index (χ1v) is 10.8. The Bertz CT molecular complexity index is 1110. The summed E-state index contributed by atoms with van der Waals surface area (Å²) in [7, 11) is 0. The summed E-state index contributed by atoms with van der Waals surface area (Å²) in [6.07, 6.45) is 4.42. The number of hydrogen-bond donors (Lipinski definition) is 1. The zero-order valence-electron chi connectivity index (χ0n) is 17.7. The molecule has 0 bridgehead atoms. The van der Waals surface area contributed by atoms with E-state index in [4.69, 9.17) is 4.42 Å². The molecule has 4 heterocycles. The summed E-state index contributed by atoms with van der Waals surface area (Å²) >= 11 is 0. The third kappa shape index (κ3) is 3.49. The second-order valence-electron chi connectivity index (χ2n) is 7.77. The van der Waals surface area contributed by atoms with E-state index in [0.717, 1.165) is 43.0 Å². The summed E-state index contributed by atoms with van der Waals surface area (Å²) < 4.78 is 5.71. The van der Waals surface area contributed by atoms with Gasteiger partial charge < -0.3 is 19.5 Å². The molecule has 0 aliphatic carbocycles. The average molecular weight is 419 g/mol. The van der Waals surface area contributed by atoms with Crippen LogP contribution in [-0.4, -0.2) is 51.7 Å². The second kappa shape index (κ2) is 7.98. The molecule has 1 aromatic carbocycles. The van der Waals surface area contributed by atoms with Crippen LogP contribution in [0.5, 0.6) is 0 Å². The van der Waals surface area contributed by atoms with Crippen molar-refractivity contribution in [2.75, 3.05) is 34.8 Å². The number of anilines is 3. The first kappa shape index (κ1) is 19.5. The molecule has 2 aliphatic rings. The fourth-order valence-corrected chi connectivity index (χ4v) is 4.27. The number of aromatic nitrogens is 4. The van der Waals surface area contributed by atoms with Crippen molar-refractivity contribution in [2.45, 2.75) is 39.2 Å². The first-order valence-electron chi connectivity index (χ1n) is 10.8. The van der Waals surface area contributed by atoms with Crippen molar-refractivity contribution in [3.63, 3.8) is 0 Å². The Morgan fingerprint density at radius 3 is 2.97 bits per heavy atom. The Kier molecular flexibility index (Phi) is 5.01. The van der Waals surface area contributed by atoms with E-state index in [-0.39, 0.29) is 11.9 Å². The number of nitrogens with zero attached hydrogens (tertiary/aromatic N) is 6. The van der Waals surface area contributed by atoms with Crippen molar-refractivity contribution in [3.8, 4) is 11.5 Å². The predicted octanol–water partition coefficient (Wildman–Crippen LogP) is 3.15. The Morgan fingerprint density at radius 1 is 1.26 bits per heavy atom. The van der Waals surface area contributed by atoms with Gasteiger partial charge in [0.15, 0.2) is 0 Å². The highest BCUT2D eigenvalue weighted by molar-refractivity contribution is 6.10. The molecule has 0 radical (unpaired) electrons. The van der Waals surface area contributed by atoms with Crippen LogP contribution in [0.15, 0.2) is 34.9 Å². The Morgan fingerprint density at radius 2 is 2.16 bits per heavy atom. The van der Waals surface area contributed by atoms with E-state index in [0.29, 0.717) is 36.3 Å². The number of carbonyl (C=O) groups excluding carboxylic acids is 1. The first-order chi connectivity index (χ1) is 15.2. The van der Waals surface area contributed by atoms with E-state index in [1.807, 2.05) is 43.0 Å². The number of fused-ring (bicyclic) bond motifs is 3. The molecule has 0 saturated carbocycles. The minimum atomic E-state index is -0.0932. The predicted molar refractivity (Wildman–Crippen MR) is 117 cm³/mol. The summed E-state index contributed by atoms with van der Waals surface area (Å²) in [5.74, 6) is 2.24. The number of carbonyl (C=O) groups is 1. The molecule has 5 rings (SSSR count). The molecule has 1 atom stereocenters. The van der Waals surface area contributed by atoms with Crippen molar-refractivity contribution in [1.29, 1.82) is 0 Å². The third-order valence-electron chi connectivity index (χ3n) is 5.80. The zero-order valence-corrected chi connectivity index (χ0v) is 17.7. The molecular formula is C22H25N7O2. The maximum absolute atomic E-state index is 13.6. The highest BCUT2D eigenvalue weighted by Crippen LogP contribution is 2.35. The number of benzene rings is 1. The van der Waals surface area contributed by atoms with Gasteiger partial charge in [-0.15, -0.1) is 10.2 Å². The van der Waals surface area contributed by atoms with Gasteiger partial charge in [-0.3, -0.25) is 4.79 Å². The minimum absolute atomic E-state index is 0.0932. The molecule has 3 aromatic rings. The van der Waals surface area contributed by atoms with Gasteiger partial charge in [0.2, 0.25) is 17.7 Å². The molecule has 0 spiro atoms. The minimum Gasteiger partial charge on any atom is -0.421 e. The van der Waals surface area contributed by atoms with Crippen LogP contribution in [0.2, 0.25) is 0 Å². The monoisotopic (exact) mass is 419 g/mol. The molecular weight excluding hydrogens is 394 g/mol. The number of amides is 1. The highest BCUT2D eigenvalue weighted by atomic mass is 16.4. The van der Waals surface area contributed by atoms with Crippen LogP contribution in [0, 0.1) is 0 Å². The Balaban J connectivity index is 1.54. The van der Waals surface area contributed by atoms with Gasteiger partial charge in [-0.1, -0.05) is 13.0 Å². The van der Waals surface area contributed by atoms with Crippen LogP contribution in [0.25, 0.3) is 11.5 Å². The third-order valence-corrected chi connectivity index (χ3v) is 5.80. The number of aryl methyl sites for hydroxylation is 1. The van der Waals surface area contributed by atoms with Crippen LogP contribution in [-0.2, 0) is 6.42 Å². The summed E-state index contributed by atoms with van der Waals surface area (Å²) in [6.45, 7) is 6.19. The van der Waals surface area contributed by atoms with Gasteiger partial charge >= 0.3 is 0 Å². The van der Waals surface area contributed by atoms with E-state index in [1.54, 1.807) is 6.20 Å². The molecule has 1 amide bonds. The van der Waals surface area contributed by atoms with Gasteiger partial charge in [-0.2, -0.15) is 4.98 Å². The maximum Gasteiger partial charge on any atom is 0.263 e. The van der Waals surface area contributed by atoms with E-state index in [9.17, 15) is 4.79 Å². The standard InChI is InChI=1S/C22H25N7O2/c1-3-18-26-27-20(31-18)14-7-5-8-15(11-14)29-13-16-9-6-10-28(16)19-17(21(29)30)12-24-22(25-19)23-4-2/h5,7-8,11-12,16H,3-4,6,9-10,13H2,1-2H3,(H,23,24,25). The smallest absolute Gasteiger partial charge is 0.263 e. The lowest BCUT2D eigenvalue weighted by atomic mass is 10.1. The van der Waals surface area contributed by atoms with Crippen LogP contribution >= 0.6 is 0 Å². The van der Waals surface area contributed by atoms with Gasteiger partial charge in [0, 0.05) is 49.5 Å². The van der Waals surface area contributed by atoms with Gasteiger partial charge in [0.1, 0.15) is 11.4 Å². The fraction of sp³-hybridized carbons (Fsp3) is 0.409. The maximum atomic E-state index is 13.6. The molecule has 31 heavy (non-hydrogen) atoms. The van der Waals surface area contributed by atoms with Crippen LogP contribution in [0.4, 0.5) is 17.5 Å². The zero-order chi connectivity index (χ0) is 21.4. The van der Waals surface area contributed by atoms with Crippen molar-refractivity contribution < 1.29 is 9.21 Å². The van der Waals surface area contributed by atoms with Gasteiger partial charge in [-0.05, 0) is 38.0 Å². The Hall–Kier alpha value is -3.49. The average Bonchev–Trinajstić information content (AvgIpc) is 3.45. The van der Waals surface area contributed by atoms with E-state index < -0.39 is 0 Å². The number of nitrogens with one attached hydrogen (secondary N) is 1. The lowest BCUT2D eigenvalue weighted by Crippen LogP contribution is -2.39. The second-order valence-corrected chi connectivity index (χ2v) is 7.77. The summed E-state index contributed by atoms with van der Waals surface area (Å²) in [5.41, 5.74) is 2.13. The van der Waals surface area contributed by atoms with Crippen LogP contribution in [0.3, 0.4) is 0 Å². The Labute approximate surface area is 180 Å². The van der Waals surface area contributed by atoms with Gasteiger partial charge in [-0.25, -0.2) is 4.98 Å². The topological polar surface area (TPSA) is 100 Å². The van der Waals surface area contributed by atoms with Crippen molar-refractivity contribution >= 4 is 23.4 Å². The SMILES string of the molecule is CCNc1ncc2c(n1)N1CCCC1CN(c1cccc(-c3nnc(CC)o3)c1)C2=O. The molecule has 1 N–H and O–H groups in total. The lowest BCUT2D eigenvalue weighted by molar-refractivity contribution is 0.0988. The number of rotatable bonds is 5. The van der Waals surface area contributed by atoms with Crippen molar-refractivity contribution in [1.82, 2.24) is 20.2 Å². The largest absolute Gasteiger partial charge is 0.421 e. The van der Waals surface area contributed by atoms with E-state index in [1.165, 1.54) is 0 Å². The summed E-state index contributed by atoms with van der Waals surface area (Å²) in [4.78, 5) is 26.7.